The van der Waals surface area contributed by atoms with Crippen molar-refractivity contribution in [2.45, 2.75) is 0 Å². The van der Waals surface area contributed by atoms with Gasteiger partial charge in [-0.05, 0) is 122 Å². The third-order valence-corrected chi connectivity index (χ3v) is 14.4. The quantitative estimate of drug-likeness (QED) is 0.142. The minimum Gasteiger partial charge on any atom is -0.455 e. The normalized spacial score (nSPS) is 11.7. The van der Waals surface area contributed by atoms with E-state index in [9.17, 15) is 0 Å². The Morgan fingerprint density at radius 1 is 0.296 bits per heavy atom. The van der Waals surface area contributed by atoms with Gasteiger partial charge in [0.25, 0.3) is 0 Å². The molecule has 14 rings (SSSR count). The van der Waals surface area contributed by atoms with Crippen LogP contribution in [0.3, 0.4) is 0 Å². The minimum atomic E-state index is 0.888. The first-order chi connectivity index (χ1) is 35.2. The van der Waals surface area contributed by atoms with Crippen LogP contribution in [0.25, 0.3) is 115 Å². The predicted molar refractivity (Wildman–Crippen MR) is 299 cm³/mol. The van der Waals surface area contributed by atoms with E-state index >= 15 is 0 Å². The van der Waals surface area contributed by atoms with E-state index in [2.05, 4.69) is 270 Å². The highest BCUT2D eigenvalue weighted by Gasteiger charge is 2.22. The average molecular weight is 905 g/mol. The molecule has 0 aliphatic rings. The molecule has 2 heterocycles. The van der Waals surface area contributed by atoms with Gasteiger partial charge in [-0.2, -0.15) is 0 Å². The summed E-state index contributed by atoms with van der Waals surface area (Å²) < 4.78 is 9.02. The lowest BCUT2D eigenvalue weighted by Crippen LogP contribution is -2.11. The minimum absolute atomic E-state index is 0.888. The Morgan fingerprint density at radius 2 is 0.887 bits per heavy atom. The van der Waals surface area contributed by atoms with E-state index in [1.165, 1.54) is 48.9 Å². The molecular formula is C68H44N2O. The van der Waals surface area contributed by atoms with Gasteiger partial charge in [0.15, 0.2) is 0 Å². The summed E-state index contributed by atoms with van der Waals surface area (Å²) in [5, 5.41) is 9.69. The van der Waals surface area contributed by atoms with Crippen LogP contribution in [0, 0.1) is 0 Å². The third kappa shape index (κ3) is 6.82. The summed E-state index contributed by atoms with van der Waals surface area (Å²) in [7, 11) is 0. The summed E-state index contributed by atoms with van der Waals surface area (Å²) in [4.78, 5) is 2.44. The largest absolute Gasteiger partial charge is 0.455 e. The third-order valence-electron chi connectivity index (χ3n) is 14.4. The first kappa shape index (κ1) is 40.6. The number of anilines is 3. The number of hydrogen-bond donors (Lipinski definition) is 0. The van der Waals surface area contributed by atoms with E-state index in [1.807, 2.05) is 6.07 Å². The lowest BCUT2D eigenvalue weighted by atomic mass is 9.91. The smallest absolute Gasteiger partial charge is 0.143 e. The summed E-state index contributed by atoms with van der Waals surface area (Å²) in [6.45, 7) is 0. The van der Waals surface area contributed by atoms with Gasteiger partial charge in [-0.15, -0.1) is 0 Å². The fraction of sp³-hybridized carbons (Fsp3) is 0. The van der Waals surface area contributed by atoms with Crippen LogP contribution >= 0.6 is 0 Å². The van der Waals surface area contributed by atoms with Crippen molar-refractivity contribution in [1.82, 2.24) is 4.57 Å². The van der Waals surface area contributed by atoms with Crippen LogP contribution in [0.5, 0.6) is 0 Å². The number of nitrogens with zero attached hydrogens (tertiary/aromatic N) is 2. The maximum absolute atomic E-state index is 6.63. The number of aromatic nitrogens is 1. The van der Waals surface area contributed by atoms with Gasteiger partial charge in [0.2, 0.25) is 0 Å². The van der Waals surface area contributed by atoms with Crippen molar-refractivity contribution in [2.24, 2.45) is 0 Å². The molecular weight excluding hydrogens is 861 g/mol. The zero-order valence-corrected chi connectivity index (χ0v) is 38.7. The molecule has 0 N–H and O–H groups in total. The first-order valence-corrected chi connectivity index (χ1v) is 24.3. The Hall–Kier alpha value is -9.44. The number of rotatable bonds is 8. The molecule has 0 spiro atoms. The van der Waals surface area contributed by atoms with Crippen LogP contribution in [-0.4, -0.2) is 4.57 Å². The lowest BCUT2D eigenvalue weighted by Gasteiger charge is -2.29. The molecule has 3 nitrogen and oxygen atoms in total. The van der Waals surface area contributed by atoms with Gasteiger partial charge in [-0.1, -0.05) is 200 Å². The Kier molecular flexibility index (Phi) is 9.53. The van der Waals surface area contributed by atoms with E-state index in [4.69, 9.17) is 4.42 Å². The standard InChI is InChI=1S/C68H44N2O/c1-2-17-46(18-3-1)55-40-37-50(63-43-49-19-4-5-24-54(49)57-25-6-7-26-58(57)63)44-66(55)69(52-22-15-21-48(42-52)56-30-16-31-62-61-29-10-13-34-67(61)71-68(56)62)51-38-35-45(36-39-51)47-20-14-23-53(41-47)70-64-32-11-8-27-59(64)60-28-9-12-33-65(60)70/h1-44H. The van der Waals surface area contributed by atoms with E-state index < -0.39 is 0 Å². The summed E-state index contributed by atoms with van der Waals surface area (Å²) in [6, 6.07) is 96.9. The predicted octanol–water partition coefficient (Wildman–Crippen LogP) is 19.1. The number of fused-ring (bicyclic) bond motifs is 9. The van der Waals surface area contributed by atoms with Gasteiger partial charge in [0, 0.05) is 49.7 Å². The molecule has 0 fully saturated rings. The van der Waals surface area contributed by atoms with Crippen LogP contribution < -0.4 is 4.90 Å². The summed E-state index contributed by atoms with van der Waals surface area (Å²) in [6.07, 6.45) is 0. The van der Waals surface area contributed by atoms with Crippen molar-refractivity contribution in [1.29, 1.82) is 0 Å². The maximum atomic E-state index is 6.63. The Morgan fingerprint density at radius 3 is 1.69 bits per heavy atom. The molecule has 0 aliphatic carbocycles. The summed E-state index contributed by atoms with van der Waals surface area (Å²) >= 11 is 0. The van der Waals surface area contributed by atoms with Crippen LogP contribution in [0.15, 0.2) is 271 Å². The number of benzene rings is 12. The molecule has 0 aliphatic heterocycles. The summed E-state index contributed by atoms with van der Waals surface area (Å²) in [5.41, 5.74) is 17.5. The molecule has 0 saturated heterocycles. The zero-order chi connectivity index (χ0) is 46.8. The maximum Gasteiger partial charge on any atom is 0.143 e. The van der Waals surface area contributed by atoms with Gasteiger partial charge in [0.1, 0.15) is 11.2 Å². The van der Waals surface area contributed by atoms with Crippen LogP contribution in [0.1, 0.15) is 0 Å². The van der Waals surface area contributed by atoms with Crippen molar-refractivity contribution >= 4 is 82.4 Å². The topological polar surface area (TPSA) is 21.3 Å². The molecule has 0 atom stereocenters. The number of furan rings is 1. The highest BCUT2D eigenvalue weighted by atomic mass is 16.3. The Bertz CT molecular complexity index is 4300. The molecule has 0 amide bonds. The Labute approximate surface area is 411 Å². The van der Waals surface area contributed by atoms with Gasteiger partial charge >= 0.3 is 0 Å². The van der Waals surface area contributed by atoms with E-state index in [-0.39, 0.29) is 0 Å². The molecule has 12 aromatic carbocycles. The van der Waals surface area contributed by atoms with Gasteiger partial charge in [-0.3, -0.25) is 0 Å². The molecule has 0 radical (unpaired) electrons. The SMILES string of the molecule is c1ccc(-c2ccc(-c3cc4ccccc4c4ccccc34)cc2N(c2ccc(-c3cccc(-n4c5ccccc5c5ccccc54)c3)cc2)c2cccc(-c3cccc4c3oc3ccccc34)c2)cc1. The second kappa shape index (κ2) is 16.7. The highest BCUT2D eigenvalue weighted by Crippen LogP contribution is 2.47. The fourth-order valence-electron chi connectivity index (χ4n) is 11.1. The highest BCUT2D eigenvalue weighted by molar-refractivity contribution is 6.15. The second-order valence-electron chi connectivity index (χ2n) is 18.4. The molecule has 3 heteroatoms. The van der Waals surface area contributed by atoms with Crippen molar-refractivity contribution < 1.29 is 4.42 Å². The van der Waals surface area contributed by atoms with Crippen molar-refractivity contribution in [3.05, 3.63) is 267 Å². The van der Waals surface area contributed by atoms with E-state index in [0.717, 1.165) is 83.6 Å². The van der Waals surface area contributed by atoms with Crippen molar-refractivity contribution in [3.63, 3.8) is 0 Å². The van der Waals surface area contributed by atoms with Gasteiger partial charge in [0.05, 0.1) is 16.7 Å². The molecule has 0 saturated carbocycles. The van der Waals surface area contributed by atoms with Crippen LogP contribution in [-0.2, 0) is 0 Å². The van der Waals surface area contributed by atoms with Crippen molar-refractivity contribution in [2.75, 3.05) is 4.90 Å². The van der Waals surface area contributed by atoms with E-state index in [1.54, 1.807) is 0 Å². The molecule has 0 bridgehead atoms. The first-order valence-electron chi connectivity index (χ1n) is 24.3. The average Bonchev–Trinajstić information content (AvgIpc) is 4.00. The van der Waals surface area contributed by atoms with Crippen LogP contribution in [0.4, 0.5) is 17.1 Å². The molecule has 14 aromatic rings. The monoisotopic (exact) mass is 904 g/mol. The van der Waals surface area contributed by atoms with E-state index in [0.29, 0.717) is 0 Å². The fourth-order valence-corrected chi connectivity index (χ4v) is 11.1. The molecule has 2 aromatic heterocycles. The number of para-hydroxylation sites is 4. The second-order valence-corrected chi connectivity index (χ2v) is 18.4. The zero-order valence-electron chi connectivity index (χ0n) is 38.7. The molecule has 71 heavy (non-hydrogen) atoms. The Balaban J connectivity index is 0.965. The molecule has 332 valence electrons. The van der Waals surface area contributed by atoms with Crippen LogP contribution in [0.2, 0.25) is 0 Å². The van der Waals surface area contributed by atoms with Crippen molar-refractivity contribution in [3.8, 4) is 50.2 Å². The lowest BCUT2D eigenvalue weighted by molar-refractivity contribution is 0.670. The molecule has 0 unspecified atom stereocenters. The van der Waals surface area contributed by atoms with Gasteiger partial charge in [-0.25, -0.2) is 0 Å². The van der Waals surface area contributed by atoms with Gasteiger partial charge < -0.3 is 13.9 Å². The number of hydrogen-bond acceptors (Lipinski definition) is 2. The summed E-state index contributed by atoms with van der Waals surface area (Å²) in [5.74, 6) is 0.